The van der Waals surface area contributed by atoms with Crippen molar-refractivity contribution in [2.24, 2.45) is 11.8 Å². The van der Waals surface area contributed by atoms with Gasteiger partial charge in [0.25, 0.3) is 11.8 Å². The third-order valence-electron chi connectivity index (χ3n) is 5.94. The van der Waals surface area contributed by atoms with Crippen molar-refractivity contribution in [3.05, 3.63) is 58.6 Å². The van der Waals surface area contributed by atoms with Gasteiger partial charge in [-0.05, 0) is 68.0 Å². The molecule has 162 valence electrons. The molecule has 0 spiro atoms. The molecule has 2 fully saturated rings. The highest BCUT2D eigenvalue weighted by Gasteiger charge is 2.39. The minimum atomic E-state index is -0.318. The molecule has 1 aliphatic carbocycles. The van der Waals surface area contributed by atoms with Gasteiger partial charge in [-0.15, -0.1) is 0 Å². The monoisotopic (exact) mass is 439 g/mol. The van der Waals surface area contributed by atoms with Crippen molar-refractivity contribution in [1.29, 1.82) is 0 Å². The number of hydrogen-bond donors (Lipinski definition) is 2. The first-order valence-electron chi connectivity index (χ1n) is 10.7. The molecule has 31 heavy (non-hydrogen) atoms. The first-order chi connectivity index (χ1) is 14.9. The maximum atomic E-state index is 12.7. The molecule has 6 nitrogen and oxygen atoms in total. The molecule has 1 saturated heterocycles. The number of nitrogens with one attached hydrogen (secondary N) is 2. The second-order valence-corrected chi connectivity index (χ2v) is 8.80. The third kappa shape index (κ3) is 5.07. The van der Waals surface area contributed by atoms with Crippen LogP contribution in [0, 0.1) is 11.8 Å². The number of nitrogens with zero attached hydrogens (tertiary/aromatic N) is 1. The predicted molar refractivity (Wildman–Crippen MR) is 122 cm³/mol. The number of piperidine rings is 1. The number of likely N-dealkylation sites (tertiary alicyclic amines) is 1. The Balaban J connectivity index is 1.41. The number of amides is 3. The van der Waals surface area contributed by atoms with E-state index in [-0.39, 0.29) is 23.6 Å². The molecule has 4 rings (SSSR count). The van der Waals surface area contributed by atoms with Gasteiger partial charge in [-0.3, -0.25) is 14.4 Å². The van der Waals surface area contributed by atoms with Crippen molar-refractivity contribution >= 4 is 40.7 Å². The maximum absolute atomic E-state index is 12.7. The zero-order chi connectivity index (χ0) is 22.0. The predicted octanol–water partition coefficient (Wildman–Crippen LogP) is 4.81. The first kappa shape index (κ1) is 21.4. The van der Waals surface area contributed by atoms with Crippen LogP contribution in [0.1, 0.15) is 53.3 Å². The summed E-state index contributed by atoms with van der Waals surface area (Å²) in [5.41, 5.74) is 1.97. The fraction of sp³-hybridized carbons (Fsp3) is 0.375. The number of carbonyl (C=O) groups is 3. The lowest BCUT2D eigenvalue weighted by Crippen LogP contribution is -2.35. The average Bonchev–Trinajstić information content (AvgIpc) is 3.51. The van der Waals surface area contributed by atoms with Gasteiger partial charge in [0.2, 0.25) is 5.91 Å². The lowest BCUT2D eigenvalue weighted by molar-refractivity contribution is -0.117. The van der Waals surface area contributed by atoms with Crippen LogP contribution in [0.4, 0.5) is 11.4 Å². The number of hydrogen-bond acceptors (Lipinski definition) is 3. The number of rotatable bonds is 5. The normalized spacial score (nSPS) is 20.1. The summed E-state index contributed by atoms with van der Waals surface area (Å²) in [6, 6.07) is 11.8. The lowest BCUT2D eigenvalue weighted by Gasteiger charge is -2.27. The molecule has 2 N–H and O–H groups in total. The molecule has 3 amide bonds. The van der Waals surface area contributed by atoms with Crippen molar-refractivity contribution in [1.82, 2.24) is 4.90 Å². The summed E-state index contributed by atoms with van der Waals surface area (Å²) in [6.45, 7) is 3.55. The highest BCUT2D eigenvalue weighted by atomic mass is 35.5. The first-order valence-corrected chi connectivity index (χ1v) is 11.1. The molecule has 2 aliphatic rings. The van der Waals surface area contributed by atoms with E-state index in [1.165, 1.54) is 0 Å². The topological polar surface area (TPSA) is 78.5 Å². The minimum absolute atomic E-state index is 0.00852. The highest BCUT2D eigenvalue weighted by Crippen LogP contribution is 2.38. The molecule has 0 radical (unpaired) electrons. The van der Waals surface area contributed by atoms with E-state index in [1.807, 2.05) is 11.8 Å². The van der Waals surface area contributed by atoms with Gasteiger partial charge in [-0.1, -0.05) is 24.6 Å². The van der Waals surface area contributed by atoms with Gasteiger partial charge in [-0.2, -0.15) is 0 Å². The van der Waals surface area contributed by atoms with Gasteiger partial charge in [0, 0.05) is 35.9 Å². The molecule has 2 aromatic carbocycles. The summed E-state index contributed by atoms with van der Waals surface area (Å²) in [5, 5.41) is 5.99. The van der Waals surface area contributed by atoms with E-state index in [0.717, 1.165) is 38.8 Å². The van der Waals surface area contributed by atoms with Gasteiger partial charge in [-0.25, -0.2) is 0 Å². The molecular weight excluding hydrogens is 414 g/mol. The van der Waals surface area contributed by atoms with Gasteiger partial charge in [0.05, 0.1) is 10.6 Å². The number of benzene rings is 2. The Kier molecular flexibility index (Phi) is 6.28. The summed E-state index contributed by atoms with van der Waals surface area (Å²) in [7, 11) is 0. The molecule has 2 aromatic rings. The molecule has 1 aliphatic heterocycles. The fourth-order valence-electron chi connectivity index (χ4n) is 3.90. The van der Waals surface area contributed by atoms with Crippen LogP contribution in [0.5, 0.6) is 0 Å². The zero-order valence-corrected chi connectivity index (χ0v) is 18.2. The Morgan fingerprint density at radius 3 is 2.35 bits per heavy atom. The Labute approximate surface area is 187 Å². The maximum Gasteiger partial charge on any atom is 0.255 e. The van der Waals surface area contributed by atoms with E-state index in [4.69, 9.17) is 11.6 Å². The molecule has 2 unspecified atom stereocenters. The summed E-state index contributed by atoms with van der Waals surface area (Å²) in [6.07, 6.45) is 4.07. The van der Waals surface area contributed by atoms with Gasteiger partial charge in [0.1, 0.15) is 0 Å². The molecule has 2 atom stereocenters. The highest BCUT2D eigenvalue weighted by molar-refractivity contribution is 6.34. The zero-order valence-electron chi connectivity index (χ0n) is 17.5. The lowest BCUT2D eigenvalue weighted by atomic mass is 10.1. The van der Waals surface area contributed by atoms with Gasteiger partial charge >= 0.3 is 0 Å². The molecule has 0 aromatic heterocycles. The second-order valence-electron chi connectivity index (χ2n) is 8.39. The quantitative estimate of drug-likeness (QED) is 0.701. The smallest absolute Gasteiger partial charge is 0.255 e. The van der Waals surface area contributed by atoms with Crippen LogP contribution < -0.4 is 10.6 Å². The Bertz CT molecular complexity index is 1020. The molecule has 0 bridgehead atoms. The third-order valence-corrected chi connectivity index (χ3v) is 6.25. The minimum Gasteiger partial charge on any atom is -0.339 e. The van der Waals surface area contributed by atoms with Crippen LogP contribution in [0.25, 0.3) is 0 Å². The Hall–Kier alpha value is -2.86. The molecule has 7 heteroatoms. The molecule has 1 saturated carbocycles. The van der Waals surface area contributed by atoms with Gasteiger partial charge in [0.15, 0.2) is 0 Å². The number of anilines is 2. The van der Waals surface area contributed by atoms with Crippen molar-refractivity contribution in [3.63, 3.8) is 0 Å². The van der Waals surface area contributed by atoms with Crippen LogP contribution in [0.2, 0.25) is 5.02 Å². The molecule has 1 heterocycles. The largest absolute Gasteiger partial charge is 0.339 e. The van der Waals surface area contributed by atoms with Crippen LogP contribution in [-0.4, -0.2) is 35.7 Å². The van der Waals surface area contributed by atoms with E-state index in [2.05, 4.69) is 10.6 Å². The summed E-state index contributed by atoms with van der Waals surface area (Å²) in [5.74, 6) is 0.0793. The Morgan fingerprint density at radius 2 is 1.68 bits per heavy atom. The standard InChI is InChI=1S/C24H26ClN3O3/c1-15-12-20(15)23(30)27-17-7-5-6-16(13-17)22(29)26-18-8-9-19(21(25)14-18)24(31)28-10-3-2-4-11-28/h5-9,13-15,20H,2-4,10-12H2,1H3,(H,26,29)(H,27,30). The number of halogens is 1. The summed E-state index contributed by atoms with van der Waals surface area (Å²) in [4.78, 5) is 39.3. The van der Waals surface area contributed by atoms with E-state index in [9.17, 15) is 14.4 Å². The van der Waals surface area contributed by atoms with E-state index >= 15 is 0 Å². The summed E-state index contributed by atoms with van der Waals surface area (Å²) < 4.78 is 0. The second kappa shape index (κ2) is 9.10. The van der Waals surface area contributed by atoms with E-state index in [1.54, 1.807) is 42.5 Å². The number of carbonyl (C=O) groups excluding carboxylic acids is 3. The van der Waals surface area contributed by atoms with Crippen LogP contribution >= 0.6 is 11.6 Å². The van der Waals surface area contributed by atoms with Gasteiger partial charge < -0.3 is 15.5 Å². The van der Waals surface area contributed by atoms with Crippen molar-refractivity contribution < 1.29 is 14.4 Å². The average molecular weight is 440 g/mol. The summed E-state index contributed by atoms with van der Waals surface area (Å²) >= 11 is 6.36. The van der Waals surface area contributed by atoms with Crippen molar-refractivity contribution in [2.45, 2.75) is 32.6 Å². The van der Waals surface area contributed by atoms with Crippen LogP contribution in [0.3, 0.4) is 0 Å². The van der Waals surface area contributed by atoms with Crippen LogP contribution in [0.15, 0.2) is 42.5 Å². The van der Waals surface area contributed by atoms with E-state index < -0.39 is 0 Å². The SMILES string of the molecule is CC1CC1C(=O)Nc1cccc(C(=O)Nc2ccc(C(=O)N3CCCCC3)c(Cl)c2)c1. The van der Waals surface area contributed by atoms with Crippen molar-refractivity contribution in [2.75, 3.05) is 23.7 Å². The Morgan fingerprint density at radius 1 is 0.968 bits per heavy atom. The van der Waals surface area contributed by atoms with Crippen LogP contribution in [-0.2, 0) is 4.79 Å². The fourth-order valence-corrected chi connectivity index (χ4v) is 4.16. The van der Waals surface area contributed by atoms with E-state index in [0.29, 0.717) is 33.4 Å². The van der Waals surface area contributed by atoms with Crippen molar-refractivity contribution in [3.8, 4) is 0 Å². The molecular formula is C24H26ClN3O3.